The van der Waals surface area contributed by atoms with Gasteiger partial charge in [0.15, 0.2) is 0 Å². The summed E-state index contributed by atoms with van der Waals surface area (Å²) in [6, 6.07) is 13.8. The fraction of sp³-hybridized carbons (Fsp3) is 0.136. The van der Waals surface area contributed by atoms with Crippen LogP contribution in [-0.4, -0.2) is 20.9 Å². The van der Waals surface area contributed by atoms with E-state index >= 15 is 0 Å². The van der Waals surface area contributed by atoms with E-state index in [0.29, 0.717) is 10.4 Å². The number of hydrogen-bond donors (Lipinski definition) is 1. The highest BCUT2D eigenvalue weighted by molar-refractivity contribution is 7.92. The summed E-state index contributed by atoms with van der Waals surface area (Å²) in [6.45, 7) is 0.948. The Morgan fingerprint density at radius 3 is 2.30 bits per heavy atom. The molecule has 33 heavy (non-hydrogen) atoms. The Hall–Kier alpha value is -2.75. The molecule has 0 radical (unpaired) electrons. The third-order valence-electron chi connectivity index (χ3n) is 4.56. The van der Waals surface area contributed by atoms with Crippen LogP contribution in [0.1, 0.15) is 11.1 Å². The van der Waals surface area contributed by atoms with Crippen molar-refractivity contribution in [1.82, 2.24) is 0 Å². The van der Waals surface area contributed by atoms with Gasteiger partial charge in [0.2, 0.25) is 5.91 Å². The average Bonchev–Trinajstić information content (AvgIpc) is 2.74. The van der Waals surface area contributed by atoms with E-state index in [1.54, 1.807) is 19.1 Å². The third-order valence-corrected chi connectivity index (χ3v) is 6.91. The first kappa shape index (κ1) is 24.9. The van der Waals surface area contributed by atoms with Crippen LogP contribution in [0.5, 0.6) is 0 Å². The smallest absolute Gasteiger partial charge is 0.323 e. The van der Waals surface area contributed by atoms with Gasteiger partial charge in [-0.2, -0.15) is 13.2 Å². The van der Waals surface area contributed by atoms with Crippen molar-refractivity contribution in [2.45, 2.75) is 18.0 Å². The molecule has 0 atom stereocenters. The van der Waals surface area contributed by atoms with Gasteiger partial charge >= 0.3 is 6.18 Å². The van der Waals surface area contributed by atoms with Gasteiger partial charge in [-0.25, -0.2) is 8.42 Å². The first-order chi connectivity index (χ1) is 15.4. The SMILES string of the molecule is Cc1ccc(S(=O)(=O)N(CC(=O)Nc2cc(Cl)ccc2Cl)c2cccc(C(F)(F)F)c2)cc1. The standard InChI is InChI=1S/C22H17Cl2F3N2O3S/c1-14-5-8-18(9-6-14)33(31,32)29(17-4-2-3-15(11-17)22(25,26)27)13-21(30)28-20-12-16(23)7-10-19(20)24/h2-12H,13H2,1H3,(H,28,30). The highest BCUT2D eigenvalue weighted by Gasteiger charge is 2.33. The second-order valence-electron chi connectivity index (χ2n) is 7.05. The van der Waals surface area contributed by atoms with Crippen LogP contribution in [0.2, 0.25) is 10.0 Å². The number of halogens is 5. The monoisotopic (exact) mass is 516 g/mol. The number of alkyl halides is 3. The quantitative estimate of drug-likeness (QED) is 0.426. The van der Waals surface area contributed by atoms with Crippen LogP contribution in [0.15, 0.2) is 71.6 Å². The lowest BCUT2D eigenvalue weighted by molar-refractivity contribution is -0.137. The largest absolute Gasteiger partial charge is 0.416 e. The van der Waals surface area contributed by atoms with Gasteiger partial charge < -0.3 is 5.32 Å². The molecule has 0 aliphatic heterocycles. The molecule has 174 valence electrons. The molecule has 0 aromatic heterocycles. The molecular formula is C22H17Cl2F3N2O3S. The van der Waals surface area contributed by atoms with E-state index in [4.69, 9.17) is 23.2 Å². The first-order valence-electron chi connectivity index (χ1n) is 9.39. The van der Waals surface area contributed by atoms with Crippen molar-refractivity contribution < 1.29 is 26.4 Å². The van der Waals surface area contributed by atoms with Gasteiger partial charge in [0, 0.05) is 5.02 Å². The Bertz CT molecular complexity index is 1280. The second kappa shape index (κ2) is 9.62. The maximum Gasteiger partial charge on any atom is 0.416 e. The number of nitrogens with zero attached hydrogens (tertiary/aromatic N) is 1. The molecule has 1 amide bonds. The lowest BCUT2D eigenvalue weighted by Crippen LogP contribution is -2.38. The summed E-state index contributed by atoms with van der Waals surface area (Å²) in [5.41, 5.74) is -0.459. The van der Waals surface area contributed by atoms with E-state index in [-0.39, 0.29) is 26.3 Å². The summed E-state index contributed by atoms with van der Waals surface area (Å²) in [5, 5.41) is 2.87. The topological polar surface area (TPSA) is 66.5 Å². The number of nitrogens with one attached hydrogen (secondary N) is 1. The van der Waals surface area contributed by atoms with Crippen molar-refractivity contribution in [3.05, 3.63) is 87.9 Å². The summed E-state index contributed by atoms with van der Waals surface area (Å²) in [4.78, 5) is 12.6. The summed E-state index contributed by atoms with van der Waals surface area (Å²) < 4.78 is 67.0. The maximum absolute atomic E-state index is 13.3. The van der Waals surface area contributed by atoms with Gasteiger partial charge in [0.05, 0.1) is 26.9 Å². The molecule has 3 aromatic carbocycles. The number of benzene rings is 3. The Kier molecular flexibility index (Phi) is 7.26. The van der Waals surface area contributed by atoms with Crippen molar-refractivity contribution in [3.8, 4) is 0 Å². The average molecular weight is 517 g/mol. The van der Waals surface area contributed by atoms with E-state index < -0.39 is 34.2 Å². The van der Waals surface area contributed by atoms with Crippen LogP contribution in [0.3, 0.4) is 0 Å². The number of rotatable bonds is 6. The number of carbonyl (C=O) groups is 1. The second-order valence-corrected chi connectivity index (χ2v) is 9.75. The van der Waals surface area contributed by atoms with Crippen LogP contribution in [0.25, 0.3) is 0 Å². The minimum Gasteiger partial charge on any atom is -0.323 e. The summed E-state index contributed by atoms with van der Waals surface area (Å²) in [5.74, 6) is -0.827. The van der Waals surface area contributed by atoms with Gasteiger partial charge in [0.25, 0.3) is 10.0 Å². The zero-order valence-corrected chi connectivity index (χ0v) is 19.4. The van der Waals surface area contributed by atoms with E-state index in [1.165, 1.54) is 36.4 Å². The molecule has 0 aliphatic carbocycles. The Morgan fingerprint density at radius 1 is 1.00 bits per heavy atom. The lowest BCUT2D eigenvalue weighted by Gasteiger charge is -2.25. The van der Waals surface area contributed by atoms with Crippen LogP contribution in [0.4, 0.5) is 24.5 Å². The number of carbonyl (C=O) groups excluding carboxylic acids is 1. The predicted molar refractivity (Wildman–Crippen MR) is 122 cm³/mol. The van der Waals surface area contributed by atoms with Gasteiger partial charge in [0.1, 0.15) is 6.54 Å². The fourth-order valence-electron chi connectivity index (χ4n) is 2.90. The minimum atomic E-state index is -4.70. The summed E-state index contributed by atoms with van der Waals surface area (Å²) in [6.07, 6.45) is -4.70. The van der Waals surface area contributed by atoms with E-state index in [0.717, 1.165) is 17.7 Å². The lowest BCUT2D eigenvalue weighted by atomic mass is 10.2. The fourth-order valence-corrected chi connectivity index (χ4v) is 4.65. The van der Waals surface area contributed by atoms with Crippen molar-refractivity contribution in [2.24, 2.45) is 0 Å². The molecular weight excluding hydrogens is 500 g/mol. The van der Waals surface area contributed by atoms with Crippen molar-refractivity contribution >= 4 is 50.5 Å². The molecule has 5 nitrogen and oxygen atoms in total. The Balaban J connectivity index is 2.03. The molecule has 3 rings (SSSR count). The number of hydrogen-bond acceptors (Lipinski definition) is 3. The molecule has 0 unspecified atom stereocenters. The van der Waals surface area contributed by atoms with Gasteiger partial charge in [-0.1, -0.05) is 47.0 Å². The number of aryl methyl sites for hydroxylation is 1. The molecule has 0 bridgehead atoms. The Labute approximate surface area is 198 Å². The van der Waals surface area contributed by atoms with Crippen molar-refractivity contribution in [2.75, 3.05) is 16.2 Å². The highest BCUT2D eigenvalue weighted by atomic mass is 35.5. The van der Waals surface area contributed by atoms with E-state index in [9.17, 15) is 26.4 Å². The summed E-state index contributed by atoms with van der Waals surface area (Å²) in [7, 11) is -4.39. The van der Waals surface area contributed by atoms with E-state index in [2.05, 4.69) is 5.32 Å². The summed E-state index contributed by atoms with van der Waals surface area (Å²) >= 11 is 11.9. The minimum absolute atomic E-state index is 0.130. The molecule has 11 heteroatoms. The van der Waals surface area contributed by atoms with Crippen molar-refractivity contribution in [3.63, 3.8) is 0 Å². The number of amides is 1. The normalized spacial score (nSPS) is 11.8. The molecule has 0 heterocycles. The molecule has 0 fully saturated rings. The zero-order valence-electron chi connectivity index (χ0n) is 17.0. The van der Waals surface area contributed by atoms with Crippen molar-refractivity contribution in [1.29, 1.82) is 0 Å². The Morgan fingerprint density at radius 2 is 1.67 bits per heavy atom. The zero-order chi connectivity index (χ0) is 24.4. The van der Waals surface area contributed by atoms with Crippen LogP contribution < -0.4 is 9.62 Å². The van der Waals surface area contributed by atoms with E-state index in [1.807, 2.05) is 0 Å². The molecule has 1 N–H and O–H groups in total. The van der Waals surface area contributed by atoms with Gasteiger partial charge in [-0.15, -0.1) is 0 Å². The van der Waals surface area contributed by atoms with Crippen LogP contribution in [0, 0.1) is 6.92 Å². The number of sulfonamides is 1. The third kappa shape index (κ3) is 5.98. The van der Waals surface area contributed by atoms with Gasteiger partial charge in [-0.3, -0.25) is 9.10 Å². The maximum atomic E-state index is 13.3. The van der Waals surface area contributed by atoms with Crippen LogP contribution >= 0.6 is 23.2 Å². The van der Waals surface area contributed by atoms with Gasteiger partial charge in [-0.05, 0) is 55.5 Å². The van der Waals surface area contributed by atoms with Crippen LogP contribution in [-0.2, 0) is 21.0 Å². The highest BCUT2D eigenvalue weighted by Crippen LogP contribution is 2.33. The molecule has 0 saturated heterocycles. The molecule has 0 spiro atoms. The molecule has 0 saturated carbocycles. The molecule has 3 aromatic rings. The molecule has 0 aliphatic rings. The first-order valence-corrected chi connectivity index (χ1v) is 11.6. The predicted octanol–water partition coefficient (Wildman–Crippen LogP) is 6.15. The number of anilines is 2.